The second kappa shape index (κ2) is 7.49. The number of hydrogen-bond donors (Lipinski definition) is 2. The SMILES string of the molecule is O=C(NC1CCCC1)c1cnc(Nc2ccc(Cl)cc2C(F)(F)F)nc1. The number of amides is 1. The van der Waals surface area contributed by atoms with Crippen molar-refractivity contribution in [2.45, 2.75) is 37.9 Å². The van der Waals surface area contributed by atoms with Gasteiger partial charge < -0.3 is 10.6 Å². The molecule has 1 aromatic heterocycles. The first kappa shape index (κ1) is 18.4. The lowest BCUT2D eigenvalue weighted by Gasteiger charge is -2.14. The third-order valence-electron chi connectivity index (χ3n) is 4.14. The molecule has 1 aromatic carbocycles. The Morgan fingerprint density at radius 2 is 1.81 bits per heavy atom. The van der Waals surface area contributed by atoms with Gasteiger partial charge in [0.2, 0.25) is 5.95 Å². The van der Waals surface area contributed by atoms with Gasteiger partial charge in [0, 0.05) is 23.5 Å². The van der Waals surface area contributed by atoms with Crippen LogP contribution in [0.4, 0.5) is 24.8 Å². The van der Waals surface area contributed by atoms with E-state index in [2.05, 4.69) is 20.6 Å². The molecule has 1 heterocycles. The number of alkyl halides is 3. The minimum Gasteiger partial charge on any atom is -0.349 e. The average molecular weight is 385 g/mol. The van der Waals surface area contributed by atoms with Gasteiger partial charge in [-0.3, -0.25) is 4.79 Å². The van der Waals surface area contributed by atoms with Gasteiger partial charge in [0.1, 0.15) is 0 Å². The van der Waals surface area contributed by atoms with Crippen LogP contribution in [0.1, 0.15) is 41.6 Å². The van der Waals surface area contributed by atoms with Crippen molar-refractivity contribution in [1.29, 1.82) is 0 Å². The molecule has 1 aliphatic carbocycles. The van der Waals surface area contributed by atoms with Crippen LogP contribution in [0.3, 0.4) is 0 Å². The summed E-state index contributed by atoms with van der Waals surface area (Å²) in [6.45, 7) is 0. The summed E-state index contributed by atoms with van der Waals surface area (Å²) in [5.74, 6) is -0.332. The second-order valence-corrected chi connectivity index (χ2v) is 6.50. The third kappa shape index (κ3) is 4.43. The first-order chi connectivity index (χ1) is 12.3. The predicted molar refractivity (Wildman–Crippen MR) is 91.5 cm³/mol. The summed E-state index contributed by atoms with van der Waals surface area (Å²) in [6, 6.07) is 3.52. The van der Waals surface area contributed by atoms with Crippen molar-refractivity contribution >= 4 is 29.1 Å². The van der Waals surface area contributed by atoms with E-state index in [1.807, 2.05) is 0 Å². The highest BCUT2D eigenvalue weighted by Crippen LogP contribution is 2.37. The quantitative estimate of drug-likeness (QED) is 0.810. The Morgan fingerprint density at radius 1 is 1.15 bits per heavy atom. The van der Waals surface area contributed by atoms with Gasteiger partial charge in [-0.05, 0) is 31.0 Å². The predicted octanol–water partition coefficient (Wildman–Crippen LogP) is 4.56. The van der Waals surface area contributed by atoms with Crippen molar-refractivity contribution < 1.29 is 18.0 Å². The smallest absolute Gasteiger partial charge is 0.349 e. The van der Waals surface area contributed by atoms with E-state index >= 15 is 0 Å². The molecule has 1 saturated carbocycles. The number of aromatic nitrogens is 2. The zero-order valence-electron chi connectivity index (χ0n) is 13.6. The molecule has 0 atom stereocenters. The van der Waals surface area contributed by atoms with Gasteiger partial charge >= 0.3 is 6.18 Å². The van der Waals surface area contributed by atoms with E-state index in [1.54, 1.807) is 0 Å². The Labute approximate surface area is 153 Å². The number of carbonyl (C=O) groups excluding carboxylic acids is 1. The van der Waals surface area contributed by atoms with Gasteiger partial charge in [-0.1, -0.05) is 24.4 Å². The Morgan fingerprint density at radius 3 is 2.42 bits per heavy atom. The largest absolute Gasteiger partial charge is 0.418 e. The van der Waals surface area contributed by atoms with E-state index in [4.69, 9.17) is 11.6 Å². The molecule has 2 aromatic rings. The molecular formula is C17H16ClF3N4O. The highest BCUT2D eigenvalue weighted by Gasteiger charge is 2.34. The van der Waals surface area contributed by atoms with E-state index in [0.717, 1.165) is 31.7 Å². The second-order valence-electron chi connectivity index (χ2n) is 6.06. The lowest BCUT2D eigenvalue weighted by atomic mass is 10.1. The van der Waals surface area contributed by atoms with Crippen molar-refractivity contribution in [2.24, 2.45) is 0 Å². The van der Waals surface area contributed by atoms with Crippen LogP contribution in [-0.4, -0.2) is 21.9 Å². The van der Waals surface area contributed by atoms with Crippen LogP contribution in [0.15, 0.2) is 30.6 Å². The standard InChI is InChI=1S/C17H16ClF3N4O/c18-11-5-6-14(13(7-11)17(19,20)21)25-16-22-8-10(9-23-16)15(26)24-12-3-1-2-4-12/h5-9,12H,1-4H2,(H,24,26)(H,22,23,25). The molecule has 0 unspecified atom stereocenters. The number of anilines is 2. The van der Waals surface area contributed by atoms with Gasteiger partial charge in [0.25, 0.3) is 5.91 Å². The summed E-state index contributed by atoms with van der Waals surface area (Å²) in [4.78, 5) is 20.0. The van der Waals surface area contributed by atoms with E-state index in [0.29, 0.717) is 0 Å². The van der Waals surface area contributed by atoms with Gasteiger partial charge in [0.05, 0.1) is 16.8 Å². The summed E-state index contributed by atoms with van der Waals surface area (Å²) < 4.78 is 39.3. The molecule has 0 saturated heterocycles. The van der Waals surface area contributed by atoms with Gasteiger partial charge in [-0.15, -0.1) is 0 Å². The van der Waals surface area contributed by atoms with E-state index in [9.17, 15) is 18.0 Å². The topological polar surface area (TPSA) is 66.9 Å². The van der Waals surface area contributed by atoms with E-state index < -0.39 is 11.7 Å². The first-order valence-electron chi connectivity index (χ1n) is 8.09. The number of benzene rings is 1. The summed E-state index contributed by atoms with van der Waals surface area (Å²) in [5, 5.41) is 5.38. The highest BCUT2D eigenvalue weighted by atomic mass is 35.5. The van der Waals surface area contributed by atoms with Crippen molar-refractivity contribution in [2.75, 3.05) is 5.32 Å². The number of nitrogens with one attached hydrogen (secondary N) is 2. The Balaban J connectivity index is 1.72. The molecule has 3 rings (SSSR count). The molecule has 0 aliphatic heterocycles. The number of carbonyl (C=O) groups is 1. The Hall–Kier alpha value is -2.35. The summed E-state index contributed by atoms with van der Waals surface area (Å²) in [7, 11) is 0. The molecular weight excluding hydrogens is 369 g/mol. The Kier molecular flexibility index (Phi) is 5.31. The van der Waals surface area contributed by atoms with Gasteiger partial charge in [0.15, 0.2) is 0 Å². The fourth-order valence-electron chi connectivity index (χ4n) is 2.83. The van der Waals surface area contributed by atoms with Crippen molar-refractivity contribution in [1.82, 2.24) is 15.3 Å². The van der Waals surface area contributed by atoms with Crippen LogP contribution in [0.25, 0.3) is 0 Å². The minimum absolute atomic E-state index is 0.0253. The number of halogens is 4. The first-order valence-corrected chi connectivity index (χ1v) is 8.47. The van der Waals surface area contributed by atoms with Gasteiger partial charge in [-0.25, -0.2) is 9.97 Å². The highest BCUT2D eigenvalue weighted by molar-refractivity contribution is 6.30. The van der Waals surface area contributed by atoms with Crippen LogP contribution in [-0.2, 0) is 6.18 Å². The zero-order valence-corrected chi connectivity index (χ0v) is 14.4. The molecule has 0 radical (unpaired) electrons. The minimum atomic E-state index is -4.58. The normalized spacial score (nSPS) is 15.1. The third-order valence-corrected chi connectivity index (χ3v) is 4.37. The molecule has 5 nitrogen and oxygen atoms in total. The lowest BCUT2D eigenvalue weighted by molar-refractivity contribution is -0.136. The monoisotopic (exact) mass is 384 g/mol. The molecule has 9 heteroatoms. The number of hydrogen-bond acceptors (Lipinski definition) is 4. The molecule has 2 N–H and O–H groups in total. The molecule has 1 amide bonds. The molecule has 26 heavy (non-hydrogen) atoms. The zero-order chi connectivity index (χ0) is 18.7. The average Bonchev–Trinajstić information content (AvgIpc) is 3.09. The van der Waals surface area contributed by atoms with Crippen molar-refractivity contribution in [3.63, 3.8) is 0 Å². The van der Waals surface area contributed by atoms with Crippen molar-refractivity contribution in [3.05, 3.63) is 46.7 Å². The fraction of sp³-hybridized carbons (Fsp3) is 0.353. The summed E-state index contributed by atoms with van der Waals surface area (Å²) in [5.41, 5.74) is -0.878. The van der Waals surface area contributed by atoms with Crippen LogP contribution < -0.4 is 10.6 Å². The molecule has 1 aliphatic rings. The summed E-state index contributed by atoms with van der Waals surface area (Å²) in [6.07, 6.45) is 2.06. The van der Waals surface area contributed by atoms with E-state index in [1.165, 1.54) is 24.5 Å². The van der Waals surface area contributed by atoms with Crippen LogP contribution in [0.5, 0.6) is 0 Å². The van der Waals surface area contributed by atoms with E-state index in [-0.39, 0.29) is 34.2 Å². The Bertz CT molecular complexity index is 790. The molecule has 0 spiro atoms. The van der Waals surface area contributed by atoms with Crippen LogP contribution in [0, 0.1) is 0 Å². The molecule has 1 fully saturated rings. The summed E-state index contributed by atoms with van der Waals surface area (Å²) >= 11 is 5.65. The lowest BCUT2D eigenvalue weighted by Crippen LogP contribution is -2.32. The van der Waals surface area contributed by atoms with Crippen molar-refractivity contribution in [3.8, 4) is 0 Å². The fourth-order valence-corrected chi connectivity index (χ4v) is 3.00. The number of nitrogens with zero attached hydrogens (tertiary/aromatic N) is 2. The number of rotatable bonds is 4. The van der Waals surface area contributed by atoms with Crippen LogP contribution >= 0.6 is 11.6 Å². The molecule has 138 valence electrons. The molecule has 0 bridgehead atoms. The maximum Gasteiger partial charge on any atom is 0.418 e. The maximum atomic E-state index is 13.1. The van der Waals surface area contributed by atoms with Crippen LogP contribution in [0.2, 0.25) is 5.02 Å². The maximum absolute atomic E-state index is 13.1. The van der Waals surface area contributed by atoms with Gasteiger partial charge in [-0.2, -0.15) is 13.2 Å².